The van der Waals surface area contributed by atoms with Gasteiger partial charge in [-0.15, -0.1) is 12.4 Å². The molecule has 2 aromatic carbocycles. The SMILES string of the molecule is CCO.CCOC(=[NH2+])c1ccc(N)c([N+](=O)[O-])c1.Cl.N#Cc1ccc(N)c([N+](=O)[O-])c1. The minimum atomic E-state index is -0.615. The number of nitro benzene ring substituents is 2. The molecule has 12 nitrogen and oxygen atoms in total. The number of nitrogens with zero attached hydrogens (tertiary/aromatic N) is 3. The van der Waals surface area contributed by atoms with Crippen molar-refractivity contribution in [1.82, 2.24) is 0 Å². The summed E-state index contributed by atoms with van der Waals surface area (Å²) in [5.74, 6) is 0.153. The van der Waals surface area contributed by atoms with Crippen LogP contribution in [-0.2, 0) is 4.74 Å². The number of anilines is 2. The molecular weight excluding hydrogens is 432 g/mol. The summed E-state index contributed by atoms with van der Waals surface area (Å²) in [7, 11) is 0. The molecule has 0 aliphatic rings. The third-order valence-corrected chi connectivity index (χ3v) is 3.17. The van der Waals surface area contributed by atoms with Crippen LogP contribution in [0.5, 0.6) is 0 Å². The lowest BCUT2D eigenvalue weighted by Gasteiger charge is -2.01. The summed E-state index contributed by atoms with van der Waals surface area (Å²) in [6.45, 7) is 4.11. The Kier molecular flexibility index (Phi) is 14.1. The fraction of sp³-hybridized carbons (Fsp3) is 0.222. The molecule has 0 spiro atoms. The van der Waals surface area contributed by atoms with Gasteiger partial charge in [0, 0.05) is 18.7 Å². The number of nitrogens with two attached hydrogens (primary N) is 3. The average Bonchev–Trinajstić information content (AvgIpc) is 2.69. The normalized spacial score (nSPS) is 8.71. The van der Waals surface area contributed by atoms with Gasteiger partial charge in [-0.1, -0.05) is 0 Å². The molecule has 0 aromatic heterocycles. The van der Waals surface area contributed by atoms with Crippen LogP contribution in [0.3, 0.4) is 0 Å². The highest BCUT2D eigenvalue weighted by atomic mass is 35.5. The molecule has 2 rings (SSSR count). The number of nitro groups is 2. The lowest BCUT2D eigenvalue weighted by Crippen LogP contribution is -2.42. The number of ether oxygens (including phenoxy) is 1. The van der Waals surface area contributed by atoms with Gasteiger partial charge in [-0.2, -0.15) is 5.26 Å². The first-order chi connectivity index (χ1) is 14.1. The number of hydrogen-bond donors (Lipinski definition) is 4. The van der Waals surface area contributed by atoms with Crippen LogP contribution in [0, 0.1) is 31.6 Å². The van der Waals surface area contributed by atoms with Crippen LogP contribution in [0.1, 0.15) is 25.0 Å². The van der Waals surface area contributed by atoms with Gasteiger partial charge in [0.15, 0.2) is 0 Å². The standard InChI is InChI=1S/C9H11N3O3.C7H5N3O2.C2H6O.ClH/c1-2-15-9(11)6-3-4-7(10)8(5-6)12(13)14;8-4-5-1-2-6(9)7(3-5)10(11)12;1-2-3;/h3-5,11H,2,10H2,1H3;1-3H,9H2;3H,2H2,1H3;1H/p+1. The summed E-state index contributed by atoms with van der Waals surface area (Å²) in [4.78, 5) is 19.7. The molecule has 0 bridgehead atoms. The summed E-state index contributed by atoms with van der Waals surface area (Å²) in [6, 6.07) is 10.0. The molecule has 2 aromatic rings. The highest BCUT2D eigenvalue weighted by molar-refractivity contribution is 5.91. The lowest BCUT2D eigenvalue weighted by molar-refractivity contribution is -0.384. The summed E-state index contributed by atoms with van der Waals surface area (Å²) >= 11 is 0. The number of halogens is 1. The van der Waals surface area contributed by atoms with Gasteiger partial charge in [0.2, 0.25) is 0 Å². The Morgan fingerprint density at radius 2 is 1.55 bits per heavy atom. The third kappa shape index (κ3) is 9.88. The monoisotopic (exact) mass is 455 g/mol. The molecule has 0 amide bonds. The van der Waals surface area contributed by atoms with Crippen LogP contribution in [-0.4, -0.2) is 34.1 Å². The Bertz CT molecular complexity index is 948. The molecule has 0 radical (unpaired) electrons. The maximum atomic E-state index is 10.6. The minimum absolute atomic E-state index is 0. The first-order valence-electron chi connectivity index (χ1n) is 8.47. The van der Waals surface area contributed by atoms with Gasteiger partial charge in [0.25, 0.3) is 11.4 Å². The topological polar surface area (TPSA) is 217 Å². The zero-order valence-corrected chi connectivity index (χ0v) is 17.7. The van der Waals surface area contributed by atoms with E-state index in [1.807, 2.05) is 0 Å². The fourth-order valence-electron chi connectivity index (χ4n) is 1.87. The van der Waals surface area contributed by atoms with Crippen LogP contribution in [0.15, 0.2) is 36.4 Å². The van der Waals surface area contributed by atoms with Gasteiger partial charge >= 0.3 is 5.90 Å². The predicted molar refractivity (Wildman–Crippen MR) is 117 cm³/mol. The summed E-state index contributed by atoms with van der Waals surface area (Å²) in [5, 5.41) is 42.4. The van der Waals surface area contributed by atoms with E-state index in [1.54, 1.807) is 26.0 Å². The van der Waals surface area contributed by atoms with Gasteiger partial charge in [0.1, 0.15) is 11.4 Å². The maximum absolute atomic E-state index is 10.6. The van der Waals surface area contributed by atoms with Crippen molar-refractivity contribution in [3.05, 3.63) is 67.8 Å². The first kappa shape index (κ1) is 29.3. The quantitative estimate of drug-likeness (QED) is 0.171. The van der Waals surface area contributed by atoms with Gasteiger partial charge in [-0.3, -0.25) is 20.2 Å². The first-order valence-corrected chi connectivity index (χ1v) is 8.47. The van der Waals surface area contributed by atoms with Crippen LogP contribution in [0.2, 0.25) is 0 Å². The van der Waals surface area contributed by atoms with Crippen molar-refractivity contribution in [1.29, 1.82) is 5.26 Å². The van der Waals surface area contributed by atoms with E-state index in [2.05, 4.69) is 0 Å². The molecule has 0 unspecified atom stereocenters. The van der Waals surface area contributed by atoms with E-state index in [1.165, 1.54) is 24.3 Å². The number of benzene rings is 2. The van der Waals surface area contributed by atoms with Crippen molar-refractivity contribution >= 4 is 41.1 Å². The van der Waals surface area contributed by atoms with E-state index < -0.39 is 9.85 Å². The zero-order chi connectivity index (χ0) is 23.3. The van der Waals surface area contributed by atoms with Crippen LogP contribution in [0.25, 0.3) is 0 Å². The summed E-state index contributed by atoms with van der Waals surface area (Å²) in [6.07, 6.45) is 0. The molecule has 31 heavy (non-hydrogen) atoms. The van der Waals surface area contributed by atoms with E-state index in [0.29, 0.717) is 12.2 Å². The number of nitrogen functional groups attached to an aromatic ring is 2. The second-order valence-electron chi connectivity index (χ2n) is 5.29. The highest BCUT2D eigenvalue weighted by Crippen LogP contribution is 2.22. The van der Waals surface area contributed by atoms with E-state index in [-0.39, 0.29) is 53.2 Å². The Labute approximate surface area is 184 Å². The molecule has 0 aliphatic carbocycles. The Hall–Kier alpha value is -3.95. The Morgan fingerprint density at radius 1 is 1.10 bits per heavy atom. The molecule has 13 heteroatoms. The van der Waals surface area contributed by atoms with E-state index in [0.717, 1.165) is 6.07 Å². The third-order valence-electron chi connectivity index (χ3n) is 3.17. The van der Waals surface area contributed by atoms with Crippen LogP contribution >= 0.6 is 12.4 Å². The van der Waals surface area contributed by atoms with Crippen molar-refractivity contribution < 1.29 is 25.1 Å². The largest absolute Gasteiger partial charge is 0.445 e. The molecule has 168 valence electrons. The average molecular weight is 456 g/mol. The predicted octanol–water partition coefficient (Wildman–Crippen LogP) is 1.19. The molecule has 0 heterocycles. The summed E-state index contributed by atoms with van der Waals surface area (Å²) in [5.41, 5.74) is 11.2. The Balaban J connectivity index is 0. The molecule has 0 saturated carbocycles. The van der Waals surface area contributed by atoms with E-state index in [4.69, 9.17) is 32.0 Å². The number of rotatable bonds is 4. The van der Waals surface area contributed by atoms with Crippen molar-refractivity contribution in [2.45, 2.75) is 13.8 Å². The molecule has 7 N–H and O–H groups in total. The molecule has 0 saturated heterocycles. The second kappa shape index (κ2) is 15.0. The number of aliphatic hydroxyl groups excluding tert-OH is 1. The van der Waals surface area contributed by atoms with Crippen LogP contribution < -0.4 is 16.9 Å². The van der Waals surface area contributed by atoms with Crippen molar-refractivity contribution in [2.75, 3.05) is 24.7 Å². The maximum Gasteiger partial charge on any atom is 0.366 e. The molecule has 0 fully saturated rings. The summed E-state index contributed by atoms with van der Waals surface area (Å²) < 4.78 is 5.03. The number of aliphatic hydroxyl groups is 1. The van der Waals surface area contributed by atoms with Gasteiger partial charge < -0.3 is 21.3 Å². The lowest BCUT2D eigenvalue weighted by atomic mass is 10.2. The van der Waals surface area contributed by atoms with Crippen LogP contribution in [0.4, 0.5) is 22.7 Å². The molecule has 0 atom stereocenters. The second-order valence-corrected chi connectivity index (χ2v) is 5.29. The van der Waals surface area contributed by atoms with E-state index in [9.17, 15) is 20.2 Å². The van der Waals surface area contributed by atoms with Crippen molar-refractivity contribution in [3.8, 4) is 6.07 Å². The minimum Gasteiger partial charge on any atom is -0.445 e. The Morgan fingerprint density at radius 3 is 1.97 bits per heavy atom. The van der Waals surface area contributed by atoms with Crippen molar-refractivity contribution in [2.24, 2.45) is 0 Å². The molecular formula is C18H24ClN6O6+. The smallest absolute Gasteiger partial charge is 0.366 e. The van der Waals surface area contributed by atoms with Gasteiger partial charge in [-0.05, 0) is 38.1 Å². The molecule has 0 aliphatic heterocycles. The fourth-order valence-corrected chi connectivity index (χ4v) is 1.87. The number of hydrogen-bond acceptors (Lipinski definition) is 9. The highest BCUT2D eigenvalue weighted by Gasteiger charge is 2.16. The zero-order valence-electron chi connectivity index (χ0n) is 16.8. The van der Waals surface area contributed by atoms with Gasteiger partial charge in [-0.25, -0.2) is 5.41 Å². The van der Waals surface area contributed by atoms with Gasteiger partial charge in [0.05, 0.1) is 33.6 Å². The number of nitriles is 1. The van der Waals surface area contributed by atoms with E-state index >= 15 is 0 Å². The van der Waals surface area contributed by atoms with Crippen molar-refractivity contribution in [3.63, 3.8) is 0 Å².